The zero-order chi connectivity index (χ0) is 22.7. The first kappa shape index (κ1) is 21.0. The maximum atomic E-state index is 11.9. The van der Waals surface area contributed by atoms with Gasteiger partial charge in [-0.1, -0.05) is 36.4 Å². The fourth-order valence-corrected chi connectivity index (χ4v) is 3.40. The Bertz CT molecular complexity index is 1240. The molecule has 4 aromatic rings. The van der Waals surface area contributed by atoms with E-state index in [-0.39, 0.29) is 17.3 Å². The number of rotatable bonds is 6. The number of aromatic nitrogens is 1. The highest BCUT2D eigenvalue weighted by atomic mass is 16.3. The molecule has 1 heterocycles. The van der Waals surface area contributed by atoms with Crippen molar-refractivity contribution < 1.29 is 14.7 Å². The van der Waals surface area contributed by atoms with E-state index in [1.54, 1.807) is 36.4 Å². The molecule has 5 heteroatoms. The summed E-state index contributed by atoms with van der Waals surface area (Å²) in [5.74, 6) is 0.160. The average Bonchev–Trinajstić information content (AvgIpc) is 2.80. The van der Waals surface area contributed by atoms with E-state index in [9.17, 15) is 14.7 Å². The molecule has 0 aliphatic rings. The van der Waals surface area contributed by atoms with E-state index in [0.717, 1.165) is 22.5 Å². The Morgan fingerprint density at radius 2 is 1.19 bits per heavy atom. The molecule has 3 aromatic carbocycles. The summed E-state index contributed by atoms with van der Waals surface area (Å²) >= 11 is 0. The largest absolute Gasteiger partial charge is 0.508 e. The quantitative estimate of drug-likeness (QED) is 0.283. The smallest absolute Gasteiger partial charge is 0.159 e. The Morgan fingerprint density at radius 1 is 0.688 bits per heavy atom. The first-order chi connectivity index (χ1) is 15.4. The second-order valence-corrected chi connectivity index (χ2v) is 7.57. The van der Waals surface area contributed by atoms with Gasteiger partial charge in [-0.3, -0.25) is 9.59 Å². The molecule has 0 aliphatic carbocycles. The zero-order valence-electron chi connectivity index (χ0n) is 17.8. The molecule has 158 valence electrons. The maximum Gasteiger partial charge on any atom is 0.159 e. The van der Waals surface area contributed by atoms with Crippen molar-refractivity contribution in [2.45, 2.75) is 13.8 Å². The summed E-state index contributed by atoms with van der Waals surface area (Å²) in [5, 5.41) is 12.9. The lowest BCUT2D eigenvalue weighted by molar-refractivity contribution is 0.100. The lowest BCUT2D eigenvalue weighted by Crippen LogP contribution is -1.98. The van der Waals surface area contributed by atoms with E-state index in [2.05, 4.69) is 5.32 Å². The summed E-state index contributed by atoms with van der Waals surface area (Å²) in [6.07, 6.45) is 0. The summed E-state index contributed by atoms with van der Waals surface area (Å²) in [7, 11) is 0. The summed E-state index contributed by atoms with van der Waals surface area (Å²) in [4.78, 5) is 28.6. The van der Waals surface area contributed by atoms with Gasteiger partial charge in [0.2, 0.25) is 0 Å². The van der Waals surface area contributed by atoms with Crippen LogP contribution in [0.4, 0.5) is 11.4 Å². The third-order valence-corrected chi connectivity index (χ3v) is 5.11. The van der Waals surface area contributed by atoms with Crippen LogP contribution in [-0.2, 0) is 0 Å². The summed E-state index contributed by atoms with van der Waals surface area (Å²) < 4.78 is 0. The van der Waals surface area contributed by atoms with Crippen LogP contribution in [0.1, 0.15) is 34.6 Å². The van der Waals surface area contributed by atoms with Gasteiger partial charge in [0.05, 0.1) is 11.4 Å². The minimum atomic E-state index is -0.0143. The maximum absolute atomic E-state index is 11.9. The number of hydrogen-bond donors (Lipinski definition) is 2. The van der Waals surface area contributed by atoms with Gasteiger partial charge in [0.25, 0.3) is 0 Å². The Hall–Kier alpha value is -4.25. The topological polar surface area (TPSA) is 79.3 Å². The third-order valence-electron chi connectivity index (χ3n) is 5.11. The number of anilines is 2. The minimum absolute atomic E-state index is 0.0143. The Balaban J connectivity index is 1.84. The van der Waals surface area contributed by atoms with Crippen molar-refractivity contribution in [2.75, 3.05) is 5.32 Å². The van der Waals surface area contributed by atoms with Crippen LogP contribution in [0.15, 0.2) is 84.9 Å². The molecule has 0 bridgehead atoms. The van der Waals surface area contributed by atoms with Crippen LogP contribution in [0.5, 0.6) is 5.75 Å². The standard InChI is InChI=1S/C27H22N2O3/c1-17(30)19-5-3-7-21(13-19)26-15-24(28-23-9-11-25(32)12-10-23)16-27(29-26)22-8-4-6-20(14-22)18(2)31/h3-16,32H,1-2H3,(H,28,29). The van der Waals surface area contributed by atoms with Gasteiger partial charge in [-0.15, -0.1) is 0 Å². The molecule has 0 spiro atoms. The number of phenols is 1. The predicted octanol–water partition coefficient (Wildman–Crippen LogP) is 6.27. The second kappa shape index (κ2) is 8.86. The lowest BCUT2D eigenvalue weighted by Gasteiger charge is -2.13. The molecule has 5 nitrogen and oxygen atoms in total. The SMILES string of the molecule is CC(=O)c1cccc(-c2cc(Nc3ccc(O)cc3)cc(-c3cccc(C(C)=O)c3)n2)c1. The fraction of sp³-hybridized carbons (Fsp3) is 0.0741. The van der Waals surface area contributed by atoms with Crippen molar-refractivity contribution >= 4 is 22.9 Å². The van der Waals surface area contributed by atoms with Crippen LogP contribution < -0.4 is 5.32 Å². The van der Waals surface area contributed by atoms with Crippen LogP contribution in [0.2, 0.25) is 0 Å². The van der Waals surface area contributed by atoms with Crippen LogP contribution in [0, 0.1) is 0 Å². The van der Waals surface area contributed by atoms with E-state index in [0.29, 0.717) is 22.5 Å². The van der Waals surface area contributed by atoms with Crippen molar-refractivity contribution in [3.05, 3.63) is 96.1 Å². The molecule has 4 rings (SSSR count). The highest BCUT2D eigenvalue weighted by molar-refractivity contribution is 5.96. The van der Waals surface area contributed by atoms with Gasteiger partial charge < -0.3 is 10.4 Å². The second-order valence-electron chi connectivity index (χ2n) is 7.57. The molecule has 0 radical (unpaired) electrons. The summed E-state index contributed by atoms with van der Waals surface area (Å²) in [5.41, 5.74) is 5.84. The molecule has 0 saturated heterocycles. The van der Waals surface area contributed by atoms with E-state index < -0.39 is 0 Å². The third kappa shape index (κ3) is 4.73. The fourth-order valence-electron chi connectivity index (χ4n) is 3.40. The Morgan fingerprint density at radius 3 is 1.66 bits per heavy atom. The number of pyridine rings is 1. The van der Waals surface area contributed by atoms with Gasteiger partial charge in [0, 0.05) is 33.6 Å². The first-order valence-electron chi connectivity index (χ1n) is 10.2. The van der Waals surface area contributed by atoms with Gasteiger partial charge in [-0.2, -0.15) is 0 Å². The molecule has 0 fully saturated rings. The highest BCUT2D eigenvalue weighted by Crippen LogP contribution is 2.30. The molecule has 0 aliphatic heterocycles. The molecular formula is C27H22N2O3. The number of aromatic hydroxyl groups is 1. The Kier molecular flexibility index (Phi) is 5.81. The van der Waals surface area contributed by atoms with Crippen molar-refractivity contribution in [1.82, 2.24) is 4.98 Å². The number of Topliss-reactive ketones (excluding diaryl/α,β-unsaturated/α-hetero) is 2. The van der Waals surface area contributed by atoms with Crippen LogP contribution in [0.25, 0.3) is 22.5 Å². The average molecular weight is 422 g/mol. The van der Waals surface area contributed by atoms with Crippen LogP contribution in [-0.4, -0.2) is 21.7 Å². The first-order valence-corrected chi connectivity index (χ1v) is 10.2. The van der Waals surface area contributed by atoms with Gasteiger partial charge in [0.1, 0.15) is 5.75 Å². The molecule has 0 atom stereocenters. The number of ketones is 2. The molecule has 32 heavy (non-hydrogen) atoms. The number of carbonyl (C=O) groups excluding carboxylic acids is 2. The van der Waals surface area contributed by atoms with Crippen LogP contribution >= 0.6 is 0 Å². The van der Waals surface area contributed by atoms with Crippen LogP contribution in [0.3, 0.4) is 0 Å². The van der Waals surface area contributed by atoms with Crippen molar-refractivity contribution in [3.8, 4) is 28.3 Å². The highest BCUT2D eigenvalue weighted by Gasteiger charge is 2.11. The molecule has 0 saturated carbocycles. The van der Waals surface area contributed by atoms with E-state index >= 15 is 0 Å². The predicted molar refractivity (Wildman–Crippen MR) is 127 cm³/mol. The van der Waals surface area contributed by atoms with E-state index in [1.807, 2.05) is 48.5 Å². The number of phenolic OH excluding ortho intramolecular Hbond substituents is 1. The number of nitrogens with one attached hydrogen (secondary N) is 1. The van der Waals surface area contributed by atoms with Crippen molar-refractivity contribution in [2.24, 2.45) is 0 Å². The van der Waals surface area contributed by atoms with Gasteiger partial charge in [0.15, 0.2) is 11.6 Å². The number of benzene rings is 3. The Labute approximate surface area is 186 Å². The number of hydrogen-bond acceptors (Lipinski definition) is 5. The monoisotopic (exact) mass is 422 g/mol. The molecule has 0 unspecified atom stereocenters. The van der Waals surface area contributed by atoms with Gasteiger partial charge in [-0.25, -0.2) is 4.98 Å². The molecule has 0 amide bonds. The zero-order valence-corrected chi connectivity index (χ0v) is 17.8. The molecule has 2 N–H and O–H groups in total. The minimum Gasteiger partial charge on any atom is -0.508 e. The van der Waals surface area contributed by atoms with E-state index in [4.69, 9.17) is 4.98 Å². The van der Waals surface area contributed by atoms with Gasteiger partial charge >= 0.3 is 0 Å². The summed E-state index contributed by atoms with van der Waals surface area (Å²) in [6, 6.07) is 25.3. The number of carbonyl (C=O) groups is 2. The summed E-state index contributed by atoms with van der Waals surface area (Å²) in [6.45, 7) is 3.07. The van der Waals surface area contributed by atoms with Crippen molar-refractivity contribution in [1.29, 1.82) is 0 Å². The normalized spacial score (nSPS) is 10.6. The van der Waals surface area contributed by atoms with Gasteiger partial charge in [-0.05, 0) is 62.4 Å². The van der Waals surface area contributed by atoms with Crippen molar-refractivity contribution in [3.63, 3.8) is 0 Å². The lowest BCUT2D eigenvalue weighted by atomic mass is 10.0. The molecular weight excluding hydrogens is 400 g/mol. The molecule has 1 aromatic heterocycles. The van der Waals surface area contributed by atoms with E-state index in [1.165, 1.54) is 13.8 Å². The number of nitrogens with zero attached hydrogens (tertiary/aromatic N) is 1.